The zero-order valence-electron chi connectivity index (χ0n) is 14.5. The summed E-state index contributed by atoms with van der Waals surface area (Å²) in [6, 6.07) is 8.25. The van der Waals surface area contributed by atoms with E-state index >= 15 is 0 Å². The van der Waals surface area contributed by atoms with Crippen molar-refractivity contribution in [3.63, 3.8) is 0 Å². The first kappa shape index (κ1) is 18.2. The molecule has 6 nitrogen and oxygen atoms in total. The summed E-state index contributed by atoms with van der Waals surface area (Å²) in [6.45, 7) is 3.62. The van der Waals surface area contributed by atoms with E-state index in [1.807, 2.05) is 6.92 Å². The lowest BCUT2D eigenvalue weighted by Gasteiger charge is -2.13. The van der Waals surface area contributed by atoms with Gasteiger partial charge in [0.25, 0.3) is 5.69 Å². The number of carbonyl (C=O) groups is 1. The highest BCUT2D eigenvalue weighted by Crippen LogP contribution is 2.34. The van der Waals surface area contributed by atoms with Gasteiger partial charge in [0.15, 0.2) is 17.3 Å². The molecule has 0 aromatic heterocycles. The minimum absolute atomic E-state index is 0.0440. The second-order valence-corrected chi connectivity index (χ2v) is 5.51. The second-order valence-electron chi connectivity index (χ2n) is 5.51. The van der Waals surface area contributed by atoms with Crippen LogP contribution in [0.1, 0.15) is 27.0 Å². The van der Waals surface area contributed by atoms with E-state index in [0.29, 0.717) is 22.6 Å². The van der Waals surface area contributed by atoms with Gasteiger partial charge in [-0.1, -0.05) is 12.1 Å². The van der Waals surface area contributed by atoms with Crippen molar-refractivity contribution in [2.24, 2.45) is 0 Å². The summed E-state index contributed by atoms with van der Waals surface area (Å²) in [7, 11) is 2.97. The summed E-state index contributed by atoms with van der Waals surface area (Å²) in [5, 5.41) is 11.2. The van der Waals surface area contributed by atoms with Crippen LogP contribution in [0.2, 0.25) is 0 Å². The lowest BCUT2D eigenvalue weighted by Crippen LogP contribution is -2.02. The summed E-state index contributed by atoms with van der Waals surface area (Å²) in [6.07, 6.45) is 2.73. The van der Waals surface area contributed by atoms with E-state index in [1.54, 1.807) is 31.2 Å². The normalized spacial score (nSPS) is 10.7. The largest absolute Gasteiger partial charge is 0.493 e. The number of benzene rings is 2. The summed E-state index contributed by atoms with van der Waals surface area (Å²) in [5.74, 6) is 0.503. The number of nitro benzene ring substituents is 1. The van der Waals surface area contributed by atoms with Gasteiger partial charge in [0.1, 0.15) is 0 Å². The van der Waals surface area contributed by atoms with Crippen molar-refractivity contribution in [3.05, 3.63) is 68.8 Å². The molecular formula is C19H19NO5. The number of nitrogens with zero attached hydrogens (tertiary/aromatic N) is 1. The van der Waals surface area contributed by atoms with Gasteiger partial charge in [-0.15, -0.1) is 0 Å². The van der Waals surface area contributed by atoms with Gasteiger partial charge in [-0.05, 0) is 49.3 Å². The number of allylic oxidation sites excluding steroid dienone is 1. The Hall–Kier alpha value is -3.15. The Morgan fingerprint density at radius 3 is 2.36 bits per heavy atom. The highest BCUT2D eigenvalue weighted by molar-refractivity contribution is 6.09. The van der Waals surface area contributed by atoms with Gasteiger partial charge < -0.3 is 9.47 Å². The maximum atomic E-state index is 12.5. The van der Waals surface area contributed by atoms with Crippen LogP contribution in [0.15, 0.2) is 36.4 Å². The Bertz CT molecular complexity index is 855. The molecule has 0 fully saturated rings. The van der Waals surface area contributed by atoms with Crippen molar-refractivity contribution in [2.75, 3.05) is 14.2 Å². The fourth-order valence-electron chi connectivity index (χ4n) is 2.52. The standard InChI is InChI=1S/C19H19NO5/c1-12-5-7-14(16(11-12)20(22)23)8-10-17(21)15-9-6-13(2)18(24-3)19(15)25-4/h5-11H,1-4H3/b10-8+. The molecule has 0 heterocycles. The van der Waals surface area contributed by atoms with Crippen LogP contribution < -0.4 is 9.47 Å². The smallest absolute Gasteiger partial charge is 0.276 e. The van der Waals surface area contributed by atoms with Gasteiger partial charge in [0, 0.05) is 6.07 Å². The van der Waals surface area contributed by atoms with E-state index in [9.17, 15) is 14.9 Å². The second kappa shape index (κ2) is 7.61. The number of ketones is 1. The van der Waals surface area contributed by atoms with Gasteiger partial charge in [-0.25, -0.2) is 0 Å². The molecule has 0 radical (unpaired) electrons. The van der Waals surface area contributed by atoms with Crippen molar-refractivity contribution >= 4 is 17.5 Å². The SMILES string of the molecule is COc1c(C)ccc(C(=O)/C=C/c2ccc(C)cc2[N+](=O)[O-])c1OC. The fraction of sp³-hybridized carbons (Fsp3) is 0.211. The molecule has 2 aromatic carbocycles. The third-order valence-electron chi connectivity index (χ3n) is 3.78. The zero-order chi connectivity index (χ0) is 18.6. The maximum absolute atomic E-state index is 12.5. The summed E-state index contributed by atoms with van der Waals surface area (Å²) < 4.78 is 10.6. The number of aryl methyl sites for hydroxylation is 2. The number of hydrogen-bond acceptors (Lipinski definition) is 5. The van der Waals surface area contributed by atoms with E-state index in [4.69, 9.17) is 9.47 Å². The Kier molecular flexibility index (Phi) is 5.54. The third kappa shape index (κ3) is 3.85. The Labute approximate surface area is 145 Å². The zero-order valence-corrected chi connectivity index (χ0v) is 14.5. The molecule has 0 spiro atoms. The van der Waals surface area contributed by atoms with Crippen LogP contribution in [0.4, 0.5) is 5.69 Å². The van der Waals surface area contributed by atoms with Crippen molar-refractivity contribution in [1.82, 2.24) is 0 Å². The lowest BCUT2D eigenvalue weighted by atomic mass is 10.0. The minimum Gasteiger partial charge on any atom is -0.493 e. The number of hydrogen-bond donors (Lipinski definition) is 0. The molecule has 0 aliphatic carbocycles. The minimum atomic E-state index is -0.466. The van der Waals surface area contributed by atoms with E-state index in [1.165, 1.54) is 32.4 Å². The first-order valence-corrected chi connectivity index (χ1v) is 7.58. The predicted octanol–water partition coefficient (Wildman–Crippen LogP) is 4.12. The number of carbonyl (C=O) groups excluding carboxylic acids is 1. The molecule has 0 aliphatic heterocycles. The Balaban J connectivity index is 2.41. The van der Waals surface area contributed by atoms with Crippen LogP contribution in [0.5, 0.6) is 11.5 Å². The van der Waals surface area contributed by atoms with Crippen molar-refractivity contribution in [3.8, 4) is 11.5 Å². The van der Waals surface area contributed by atoms with Crippen molar-refractivity contribution in [2.45, 2.75) is 13.8 Å². The number of nitro groups is 1. The van der Waals surface area contributed by atoms with Crippen molar-refractivity contribution < 1.29 is 19.2 Å². The highest BCUT2D eigenvalue weighted by Gasteiger charge is 2.17. The molecule has 0 saturated heterocycles. The Morgan fingerprint density at radius 1 is 1.08 bits per heavy atom. The van der Waals surface area contributed by atoms with Gasteiger partial charge >= 0.3 is 0 Å². The van der Waals surface area contributed by atoms with Gasteiger partial charge in [0.2, 0.25) is 0 Å². The van der Waals surface area contributed by atoms with Crippen LogP contribution in [0.25, 0.3) is 6.08 Å². The molecule has 25 heavy (non-hydrogen) atoms. The van der Waals surface area contributed by atoms with Crippen LogP contribution in [0.3, 0.4) is 0 Å². The van der Waals surface area contributed by atoms with Crippen LogP contribution in [0, 0.1) is 24.0 Å². The molecule has 0 bridgehead atoms. The van der Waals surface area contributed by atoms with Crippen LogP contribution in [-0.4, -0.2) is 24.9 Å². The maximum Gasteiger partial charge on any atom is 0.276 e. The quantitative estimate of drug-likeness (QED) is 0.342. The molecule has 130 valence electrons. The number of ether oxygens (including phenoxy) is 2. The van der Waals surface area contributed by atoms with E-state index < -0.39 is 4.92 Å². The molecule has 0 saturated carbocycles. The molecule has 0 unspecified atom stereocenters. The molecule has 0 atom stereocenters. The van der Waals surface area contributed by atoms with E-state index in [2.05, 4.69) is 0 Å². The summed E-state index contributed by atoms with van der Waals surface area (Å²) in [4.78, 5) is 23.2. The van der Waals surface area contributed by atoms with Gasteiger partial charge in [-0.3, -0.25) is 14.9 Å². The third-order valence-corrected chi connectivity index (χ3v) is 3.78. The molecule has 0 aliphatic rings. The lowest BCUT2D eigenvalue weighted by molar-refractivity contribution is -0.385. The first-order valence-electron chi connectivity index (χ1n) is 7.58. The summed E-state index contributed by atoms with van der Waals surface area (Å²) >= 11 is 0. The number of rotatable bonds is 6. The first-order chi connectivity index (χ1) is 11.9. The number of methoxy groups -OCH3 is 2. The highest BCUT2D eigenvalue weighted by atomic mass is 16.6. The Morgan fingerprint density at radius 2 is 1.76 bits per heavy atom. The molecule has 0 amide bonds. The molecular weight excluding hydrogens is 322 g/mol. The fourth-order valence-corrected chi connectivity index (χ4v) is 2.52. The summed E-state index contributed by atoms with van der Waals surface area (Å²) in [5.41, 5.74) is 2.27. The predicted molar refractivity (Wildman–Crippen MR) is 95.5 cm³/mol. The van der Waals surface area contributed by atoms with E-state index in [0.717, 1.165) is 11.1 Å². The average molecular weight is 341 g/mol. The molecule has 2 rings (SSSR count). The van der Waals surface area contributed by atoms with E-state index in [-0.39, 0.29) is 11.5 Å². The molecule has 6 heteroatoms. The van der Waals surface area contributed by atoms with Gasteiger partial charge in [-0.2, -0.15) is 0 Å². The molecule has 2 aromatic rings. The molecule has 0 N–H and O–H groups in total. The van der Waals surface area contributed by atoms with Gasteiger partial charge in [0.05, 0.1) is 30.3 Å². The van der Waals surface area contributed by atoms with Crippen LogP contribution in [-0.2, 0) is 0 Å². The average Bonchev–Trinajstić information content (AvgIpc) is 2.59. The van der Waals surface area contributed by atoms with Crippen molar-refractivity contribution in [1.29, 1.82) is 0 Å². The van der Waals surface area contributed by atoms with Crippen LogP contribution >= 0.6 is 0 Å². The topological polar surface area (TPSA) is 78.7 Å². The monoisotopic (exact) mass is 341 g/mol.